The van der Waals surface area contributed by atoms with Crippen LogP contribution in [-0.2, 0) is 0 Å². The molecule has 1 aromatic rings. The van der Waals surface area contributed by atoms with Crippen LogP contribution in [0, 0.1) is 18.7 Å². The van der Waals surface area contributed by atoms with Crippen LogP contribution in [0.15, 0.2) is 18.2 Å². The van der Waals surface area contributed by atoms with Crippen molar-refractivity contribution in [2.24, 2.45) is 5.92 Å². The zero-order valence-electron chi connectivity index (χ0n) is 12.1. The molecule has 0 saturated carbocycles. The Morgan fingerprint density at radius 3 is 2.61 bits per heavy atom. The molecular formula is C16H26FN. The fourth-order valence-corrected chi connectivity index (χ4v) is 2.15. The Bertz CT molecular complexity index is 362. The van der Waals surface area contributed by atoms with Crippen molar-refractivity contribution in [2.75, 3.05) is 6.54 Å². The molecular weight excluding hydrogens is 225 g/mol. The van der Waals surface area contributed by atoms with Gasteiger partial charge in [0.15, 0.2) is 0 Å². The summed E-state index contributed by atoms with van der Waals surface area (Å²) in [4.78, 5) is 0. The van der Waals surface area contributed by atoms with Crippen molar-refractivity contribution in [2.45, 2.75) is 53.0 Å². The van der Waals surface area contributed by atoms with Gasteiger partial charge in [-0.15, -0.1) is 0 Å². The number of hydrogen-bond donors (Lipinski definition) is 1. The molecule has 2 atom stereocenters. The second-order valence-electron chi connectivity index (χ2n) is 5.23. The molecule has 0 saturated heterocycles. The first-order valence-electron chi connectivity index (χ1n) is 7.08. The highest BCUT2D eigenvalue weighted by molar-refractivity contribution is 5.27. The molecule has 0 fully saturated rings. The molecule has 18 heavy (non-hydrogen) atoms. The lowest BCUT2D eigenvalue weighted by atomic mass is 9.93. The summed E-state index contributed by atoms with van der Waals surface area (Å²) in [7, 11) is 0. The molecule has 0 aliphatic rings. The van der Waals surface area contributed by atoms with E-state index in [4.69, 9.17) is 0 Å². The molecule has 0 radical (unpaired) electrons. The van der Waals surface area contributed by atoms with E-state index >= 15 is 0 Å². The van der Waals surface area contributed by atoms with E-state index < -0.39 is 0 Å². The van der Waals surface area contributed by atoms with Crippen LogP contribution in [0.4, 0.5) is 4.39 Å². The third-order valence-corrected chi connectivity index (χ3v) is 3.57. The van der Waals surface area contributed by atoms with Crippen LogP contribution < -0.4 is 5.32 Å². The number of aryl methyl sites for hydroxylation is 1. The van der Waals surface area contributed by atoms with E-state index in [1.807, 2.05) is 25.1 Å². The zero-order chi connectivity index (χ0) is 13.5. The Morgan fingerprint density at radius 1 is 1.28 bits per heavy atom. The fourth-order valence-electron chi connectivity index (χ4n) is 2.15. The second-order valence-corrected chi connectivity index (χ2v) is 5.23. The lowest BCUT2D eigenvalue weighted by molar-refractivity contribution is 0.391. The van der Waals surface area contributed by atoms with Gasteiger partial charge in [0.1, 0.15) is 5.82 Å². The quantitative estimate of drug-likeness (QED) is 0.746. The monoisotopic (exact) mass is 251 g/mol. The van der Waals surface area contributed by atoms with Crippen LogP contribution >= 0.6 is 0 Å². The van der Waals surface area contributed by atoms with Crippen LogP contribution in [0.25, 0.3) is 0 Å². The van der Waals surface area contributed by atoms with Gasteiger partial charge in [0.05, 0.1) is 0 Å². The summed E-state index contributed by atoms with van der Waals surface area (Å²) in [6.45, 7) is 9.33. The number of hydrogen-bond acceptors (Lipinski definition) is 1. The number of halogens is 1. The maximum absolute atomic E-state index is 14.2. The van der Waals surface area contributed by atoms with Crippen LogP contribution in [-0.4, -0.2) is 6.54 Å². The predicted octanol–water partition coefficient (Wildman–Crippen LogP) is 4.61. The Hall–Kier alpha value is -0.890. The highest BCUT2D eigenvalue weighted by Gasteiger charge is 2.18. The SMILES string of the molecule is CCCNC(CC(C)CC)c1cccc(C)c1F. The van der Waals surface area contributed by atoms with Gasteiger partial charge in [-0.3, -0.25) is 0 Å². The van der Waals surface area contributed by atoms with E-state index in [0.29, 0.717) is 5.92 Å². The van der Waals surface area contributed by atoms with E-state index in [1.165, 1.54) is 0 Å². The van der Waals surface area contributed by atoms with Crippen molar-refractivity contribution in [1.29, 1.82) is 0 Å². The highest BCUT2D eigenvalue weighted by Crippen LogP contribution is 2.26. The maximum Gasteiger partial charge on any atom is 0.130 e. The van der Waals surface area contributed by atoms with E-state index in [0.717, 1.165) is 36.9 Å². The molecule has 0 bridgehead atoms. The maximum atomic E-state index is 14.2. The third-order valence-electron chi connectivity index (χ3n) is 3.57. The van der Waals surface area contributed by atoms with E-state index in [2.05, 4.69) is 26.1 Å². The summed E-state index contributed by atoms with van der Waals surface area (Å²) in [5, 5.41) is 3.48. The minimum Gasteiger partial charge on any atom is -0.310 e. The normalized spacial score (nSPS) is 14.5. The van der Waals surface area contributed by atoms with E-state index in [-0.39, 0.29) is 11.9 Å². The lowest BCUT2D eigenvalue weighted by Gasteiger charge is -2.23. The molecule has 0 amide bonds. The molecule has 2 heteroatoms. The molecule has 102 valence electrons. The molecule has 2 unspecified atom stereocenters. The van der Waals surface area contributed by atoms with Gasteiger partial charge >= 0.3 is 0 Å². The van der Waals surface area contributed by atoms with Gasteiger partial charge in [0, 0.05) is 11.6 Å². The van der Waals surface area contributed by atoms with Crippen molar-refractivity contribution >= 4 is 0 Å². The first-order chi connectivity index (χ1) is 8.60. The van der Waals surface area contributed by atoms with Gasteiger partial charge in [-0.05, 0) is 37.8 Å². The van der Waals surface area contributed by atoms with Crippen LogP contribution in [0.5, 0.6) is 0 Å². The van der Waals surface area contributed by atoms with Gasteiger partial charge in [-0.25, -0.2) is 4.39 Å². The molecule has 1 aromatic carbocycles. The van der Waals surface area contributed by atoms with Crippen molar-refractivity contribution in [1.82, 2.24) is 5.32 Å². The average Bonchev–Trinajstić information content (AvgIpc) is 2.37. The molecule has 0 spiro atoms. The molecule has 1 rings (SSSR count). The summed E-state index contributed by atoms with van der Waals surface area (Å²) in [5.74, 6) is 0.564. The predicted molar refractivity (Wildman–Crippen MR) is 76.2 cm³/mol. The standard InChI is InChI=1S/C16H26FN/c1-5-10-18-15(11-12(3)6-2)14-9-7-8-13(4)16(14)17/h7-9,12,15,18H,5-6,10-11H2,1-4H3. The van der Waals surface area contributed by atoms with Gasteiger partial charge in [0.2, 0.25) is 0 Å². The van der Waals surface area contributed by atoms with Gasteiger partial charge in [-0.1, -0.05) is 45.4 Å². The van der Waals surface area contributed by atoms with Crippen molar-refractivity contribution < 1.29 is 4.39 Å². The lowest BCUT2D eigenvalue weighted by Crippen LogP contribution is -2.25. The Morgan fingerprint density at radius 2 is 2.00 bits per heavy atom. The average molecular weight is 251 g/mol. The van der Waals surface area contributed by atoms with Crippen LogP contribution in [0.3, 0.4) is 0 Å². The summed E-state index contributed by atoms with van der Waals surface area (Å²) in [6, 6.07) is 5.84. The molecule has 1 N–H and O–H groups in total. The number of benzene rings is 1. The zero-order valence-corrected chi connectivity index (χ0v) is 12.1. The first kappa shape index (κ1) is 15.2. The first-order valence-corrected chi connectivity index (χ1v) is 7.08. The van der Waals surface area contributed by atoms with Crippen LogP contribution in [0.1, 0.15) is 57.2 Å². The van der Waals surface area contributed by atoms with Crippen molar-refractivity contribution in [3.8, 4) is 0 Å². The van der Waals surface area contributed by atoms with E-state index in [1.54, 1.807) is 0 Å². The van der Waals surface area contributed by atoms with Gasteiger partial charge in [0.25, 0.3) is 0 Å². The molecule has 0 aliphatic heterocycles. The van der Waals surface area contributed by atoms with Crippen molar-refractivity contribution in [3.63, 3.8) is 0 Å². The summed E-state index contributed by atoms with van der Waals surface area (Å²) in [6.07, 6.45) is 3.21. The smallest absolute Gasteiger partial charge is 0.130 e. The topological polar surface area (TPSA) is 12.0 Å². The Balaban J connectivity index is 2.90. The Kier molecular flexibility index (Phi) is 6.34. The minimum absolute atomic E-state index is 0.0468. The van der Waals surface area contributed by atoms with Gasteiger partial charge in [-0.2, -0.15) is 0 Å². The largest absolute Gasteiger partial charge is 0.310 e. The molecule has 0 aliphatic carbocycles. The summed E-state index contributed by atoms with van der Waals surface area (Å²) in [5.41, 5.74) is 1.56. The number of rotatable bonds is 7. The second kappa shape index (κ2) is 7.52. The third kappa shape index (κ3) is 4.09. The van der Waals surface area contributed by atoms with E-state index in [9.17, 15) is 4.39 Å². The Labute approximate surface area is 111 Å². The summed E-state index contributed by atoms with van der Waals surface area (Å²) >= 11 is 0. The highest BCUT2D eigenvalue weighted by atomic mass is 19.1. The van der Waals surface area contributed by atoms with Crippen molar-refractivity contribution in [3.05, 3.63) is 35.1 Å². The molecule has 1 nitrogen and oxygen atoms in total. The van der Waals surface area contributed by atoms with Crippen LogP contribution in [0.2, 0.25) is 0 Å². The summed E-state index contributed by atoms with van der Waals surface area (Å²) < 4.78 is 14.2. The molecule has 0 aromatic heterocycles. The minimum atomic E-state index is -0.0468. The van der Waals surface area contributed by atoms with Gasteiger partial charge < -0.3 is 5.32 Å². The fraction of sp³-hybridized carbons (Fsp3) is 0.625. The molecule has 0 heterocycles. The number of nitrogens with one attached hydrogen (secondary N) is 1.